The van der Waals surface area contributed by atoms with E-state index in [1.165, 1.54) is 16.0 Å². The van der Waals surface area contributed by atoms with E-state index in [1.807, 2.05) is 19.3 Å². The lowest BCUT2D eigenvalue weighted by molar-refractivity contribution is -0.130. The van der Waals surface area contributed by atoms with Crippen molar-refractivity contribution in [1.29, 1.82) is 0 Å². The van der Waals surface area contributed by atoms with Crippen molar-refractivity contribution in [2.45, 2.75) is 39.7 Å². The molecule has 0 saturated carbocycles. The number of carbonyl (C=O) groups is 1. The second-order valence-corrected chi connectivity index (χ2v) is 9.26. The fourth-order valence-corrected chi connectivity index (χ4v) is 5.15. The van der Waals surface area contributed by atoms with Gasteiger partial charge in [-0.15, -0.1) is 11.3 Å². The number of likely N-dealkylation sites (tertiary alicyclic amines) is 1. The SMILES string of the molecule is CCNC(=O)C1(Cc2cccc(-c3cccs3)c2)CCN(Cc2cnc(CC)nc2)C1. The van der Waals surface area contributed by atoms with Crippen molar-refractivity contribution < 1.29 is 4.79 Å². The monoisotopic (exact) mass is 434 g/mol. The van der Waals surface area contributed by atoms with Gasteiger partial charge in [0.05, 0.1) is 5.41 Å². The average Bonchev–Trinajstić information content (AvgIpc) is 3.46. The average molecular weight is 435 g/mol. The van der Waals surface area contributed by atoms with E-state index in [9.17, 15) is 4.79 Å². The van der Waals surface area contributed by atoms with Crippen molar-refractivity contribution >= 4 is 17.2 Å². The van der Waals surface area contributed by atoms with Crippen molar-refractivity contribution in [2.24, 2.45) is 5.41 Å². The van der Waals surface area contributed by atoms with Gasteiger partial charge in [0.15, 0.2) is 0 Å². The summed E-state index contributed by atoms with van der Waals surface area (Å²) >= 11 is 1.75. The molecule has 1 fully saturated rings. The van der Waals surface area contributed by atoms with Crippen LogP contribution in [0.5, 0.6) is 0 Å². The summed E-state index contributed by atoms with van der Waals surface area (Å²) in [6.45, 7) is 7.13. The number of amides is 1. The van der Waals surface area contributed by atoms with Crippen LogP contribution in [0.15, 0.2) is 54.2 Å². The van der Waals surface area contributed by atoms with Gasteiger partial charge in [-0.2, -0.15) is 0 Å². The molecule has 6 heteroatoms. The molecular weight excluding hydrogens is 404 g/mol. The Hall–Kier alpha value is -2.57. The van der Waals surface area contributed by atoms with Gasteiger partial charge in [-0.1, -0.05) is 37.3 Å². The van der Waals surface area contributed by atoms with Crippen molar-refractivity contribution in [2.75, 3.05) is 19.6 Å². The predicted molar refractivity (Wildman–Crippen MR) is 126 cm³/mol. The van der Waals surface area contributed by atoms with Crippen LogP contribution in [0.1, 0.15) is 37.2 Å². The van der Waals surface area contributed by atoms with E-state index in [4.69, 9.17) is 0 Å². The van der Waals surface area contributed by atoms with Gasteiger partial charge < -0.3 is 5.32 Å². The number of rotatable bonds is 8. The van der Waals surface area contributed by atoms with Crippen LogP contribution in [0, 0.1) is 5.41 Å². The highest BCUT2D eigenvalue weighted by Gasteiger charge is 2.44. The second kappa shape index (κ2) is 9.71. The first kappa shape index (κ1) is 21.7. The predicted octanol–water partition coefficient (Wildman–Crippen LogP) is 4.34. The first-order valence-electron chi connectivity index (χ1n) is 11.0. The molecule has 0 aliphatic carbocycles. The van der Waals surface area contributed by atoms with E-state index in [1.54, 1.807) is 11.3 Å². The van der Waals surface area contributed by atoms with Gasteiger partial charge in [-0.25, -0.2) is 9.97 Å². The van der Waals surface area contributed by atoms with Crippen molar-refractivity contribution in [3.63, 3.8) is 0 Å². The van der Waals surface area contributed by atoms with Crippen LogP contribution >= 0.6 is 11.3 Å². The first-order chi connectivity index (χ1) is 15.1. The van der Waals surface area contributed by atoms with Crippen LogP contribution in [-0.2, 0) is 24.2 Å². The number of carbonyl (C=O) groups excluding carboxylic acids is 1. The van der Waals surface area contributed by atoms with E-state index < -0.39 is 5.41 Å². The molecule has 2 aromatic heterocycles. The van der Waals surface area contributed by atoms with Gasteiger partial charge in [0.2, 0.25) is 5.91 Å². The minimum absolute atomic E-state index is 0.164. The standard InChI is InChI=1S/C25H30N4OS/c1-3-23-27-15-20(16-28-23)17-29-11-10-25(18-29,24(30)26-4-2)14-19-7-5-8-21(13-19)22-9-6-12-31-22/h5-9,12-13,15-16H,3-4,10-11,14,17-18H2,1-2H3,(H,26,30). The molecule has 162 valence electrons. The molecule has 1 saturated heterocycles. The molecule has 31 heavy (non-hydrogen) atoms. The molecular formula is C25H30N4OS. The molecule has 1 amide bonds. The number of hydrogen-bond acceptors (Lipinski definition) is 5. The summed E-state index contributed by atoms with van der Waals surface area (Å²) in [5.74, 6) is 1.03. The Morgan fingerprint density at radius 3 is 2.71 bits per heavy atom. The maximum atomic E-state index is 13.2. The van der Waals surface area contributed by atoms with Crippen molar-refractivity contribution in [3.8, 4) is 10.4 Å². The highest BCUT2D eigenvalue weighted by Crippen LogP contribution is 2.36. The Morgan fingerprint density at radius 1 is 1.16 bits per heavy atom. The zero-order valence-electron chi connectivity index (χ0n) is 18.3. The Labute approximate surface area is 188 Å². The number of benzene rings is 1. The van der Waals surface area contributed by atoms with Crippen molar-refractivity contribution in [1.82, 2.24) is 20.2 Å². The third-order valence-electron chi connectivity index (χ3n) is 6.01. The second-order valence-electron chi connectivity index (χ2n) is 8.32. The summed E-state index contributed by atoms with van der Waals surface area (Å²) in [6.07, 6.45) is 6.29. The van der Waals surface area contributed by atoms with Gasteiger partial charge >= 0.3 is 0 Å². The van der Waals surface area contributed by atoms with Gasteiger partial charge in [-0.3, -0.25) is 9.69 Å². The van der Waals surface area contributed by atoms with E-state index >= 15 is 0 Å². The normalized spacial score (nSPS) is 18.9. The van der Waals surface area contributed by atoms with Crippen LogP contribution in [0.4, 0.5) is 0 Å². The maximum absolute atomic E-state index is 13.2. The summed E-state index contributed by atoms with van der Waals surface area (Å²) in [5.41, 5.74) is 3.13. The van der Waals surface area contributed by atoms with Crippen LogP contribution in [-0.4, -0.2) is 40.4 Å². The molecule has 1 aromatic carbocycles. The molecule has 3 aromatic rings. The lowest BCUT2D eigenvalue weighted by Gasteiger charge is -2.28. The summed E-state index contributed by atoms with van der Waals surface area (Å²) in [5, 5.41) is 5.20. The van der Waals surface area contributed by atoms with E-state index in [0.717, 1.165) is 50.3 Å². The van der Waals surface area contributed by atoms with Gasteiger partial charge in [-0.05, 0) is 48.9 Å². The number of thiophene rings is 1. The van der Waals surface area contributed by atoms with Gasteiger partial charge in [0, 0.05) is 48.9 Å². The molecule has 1 N–H and O–H groups in total. The largest absolute Gasteiger partial charge is 0.356 e. The summed E-state index contributed by atoms with van der Waals surface area (Å²) in [7, 11) is 0. The third-order valence-corrected chi connectivity index (χ3v) is 6.93. The highest BCUT2D eigenvalue weighted by molar-refractivity contribution is 7.13. The summed E-state index contributed by atoms with van der Waals surface area (Å²) in [6, 6.07) is 12.9. The number of nitrogens with one attached hydrogen (secondary N) is 1. The molecule has 1 unspecified atom stereocenters. The highest BCUT2D eigenvalue weighted by atomic mass is 32.1. The number of hydrogen-bond donors (Lipinski definition) is 1. The smallest absolute Gasteiger partial charge is 0.227 e. The van der Waals surface area contributed by atoms with Crippen LogP contribution in [0.2, 0.25) is 0 Å². The molecule has 1 aliphatic heterocycles. The quantitative estimate of drug-likeness (QED) is 0.573. The molecule has 0 spiro atoms. The maximum Gasteiger partial charge on any atom is 0.227 e. The van der Waals surface area contributed by atoms with E-state index in [-0.39, 0.29) is 5.91 Å². The fraction of sp³-hybridized carbons (Fsp3) is 0.400. The number of aryl methyl sites for hydroxylation is 1. The van der Waals surface area contributed by atoms with Crippen LogP contribution in [0.25, 0.3) is 10.4 Å². The van der Waals surface area contributed by atoms with Crippen LogP contribution < -0.4 is 5.32 Å². The van der Waals surface area contributed by atoms with Gasteiger partial charge in [0.1, 0.15) is 5.82 Å². The zero-order valence-corrected chi connectivity index (χ0v) is 19.1. The lowest BCUT2D eigenvalue weighted by Crippen LogP contribution is -2.44. The van der Waals surface area contributed by atoms with Crippen LogP contribution in [0.3, 0.4) is 0 Å². The molecule has 4 rings (SSSR count). The lowest BCUT2D eigenvalue weighted by atomic mass is 9.79. The zero-order chi connectivity index (χ0) is 21.7. The summed E-state index contributed by atoms with van der Waals surface area (Å²) in [4.78, 5) is 25.7. The molecule has 3 heterocycles. The van der Waals surface area contributed by atoms with Crippen molar-refractivity contribution in [3.05, 3.63) is 71.1 Å². The fourth-order valence-electron chi connectivity index (χ4n) is 4.42. The third kappa shape index (κ3) is 5.02. The molecule has 0 bridgehead atoms. The summed E-state index contributed by atoms with van der Waals surface area (Å²) < 4.78 is 0. The molecule has 0 radical (unpaired) electrons. The Kier molecular flexibility index (Phi) is 6.78. The van der Waals surface area contributed by atoms with Gasteiger partial charge in [0.25, 0.3) is 0 Å². The number of aromatic nitrogens is 2. The topological polar surface area (TPSA) is 58.1 Å². The Bertz CT molecular complexity index is 1000. The molecule has 5 nitrogen and oxygen atoms in total. The van der Waals surface area contributed by atoms with E-state index in [2.05, 4.69) is 68.9 Å². The Balaban J connectivity index is 1.52. The molecule has 1 aliphatic rings. The Morgan fingerprint density at radius 2 is 2.00 bits per heavy atom. The minimum Gasteiger partial charge on any atom is -0.356 e. The number of nitrogens with zero attached hydrogens (tertiary/aromatic N) is 3. The van der Waals surface area contributed by atoms with E-state index in [0.29, 0.717) is 6.54 Å². The molecule has 1 atom stereocenters. The minimum atomic E-state index is -0.408. The first-order valence-corrected chi connectivity index (χ1v) is 11.9.